The van der Waals surface area contributed by atoms with Crippen LogP contribution < -0.4 is 15.4 Å². The van der Waals surface area contributed by atoms with Crippen LogP contribution in [0.25, 0.3) is 0 Å². The van der Waals surface area contributed by atoms with Crippen LogP contribution in [0.2, 0.25) is 0 Å². The molecule has 0 bridgehead atoms. The quantitative estimate of drug-likeness (QED) is 0.253. The lowest BCUT2D eigenvalue weighted by atomic mass is 9.98. The fraction of sp³-hybridized carbons (Fsp3) is 0.550. The Morgan fingerprint density at radius 2 is 2.11 bits per heavy atom. The predicted molar refractivity (Wildman–Crippen MR) is 122 cm³/mol. The highest BCUT2D eigenvalue weighted by molar-refractivity contribution is 14.0. The second kappa shape index (κ2) is 12.6. The molecule has 3 rings (SSSR count). The molecule has 1 aliphatic carbocycles. The van der Waals surface area contributed by atoms with Crippen molar-refractivity contribution in [3.05, 3.63) is 42.4 Å². The minimum absolute atomic E-state index is 0. The summed E-state index contributed by atoms with van der Waals surface area (Å²) in [5.41, 5.74) is 1.13. The van der Waals surface area contributed by atoms with Crippen molar-refractivity contribution in [2.75, 3.05) is 13.6 Å². The van der Waals surface area contributed by atoms with E-state index in [-0.39, 0.29) is 24.0 Å². The number of aryl methyl sites for hydroxylation is 1. The maximum absolute atomic E-state index is 6.05. The standard InChI is InChI=1S/C20H30N6O.HI/c1-21-20(23-10-5-13-26-14-6-11-25-26)24-16-17-9-12-22-19(15-17)27-18-7-3-2-4-8-18;/h6,9,11-12,14-15,18H,2-5,7-8,10,13,16H2,1H3,(H2,21,23,24);1H. The molecule has 1 fully saturated rings. The van der Waals surface area contributed by atoms with Gasteiger partial charge in [-0.1, -0.05) is 6.42 Å². The second-order valence-electron chi connectivity index (χ2n) is 6.86. The fourth-order valence-corrected chi connectivity index (χ4v) is 3.27. The zero-order valence-corrected chi connectivity index (χ0v) is 18.8. The molecule has 0 atom stereocenters. The molecule has 0 aromatic carbocycles. The Labute approximate surface area is 184 Å². The first-order chi connectivity index (χ1) is 13.3. The van der Waals surface area contributed by atoms with Crippen molar-refractivity contribution in [2.45, 2.75) is 57.7 Å². The third-order valence-corrected chi connectivity index (χ3v) is 4.74. The van der Waals surface area contributed by atoms with Crippen molar-refractivity contribution in [1.82, 2.24) is 25.4 Å². The van der Waals surface area contributed by atoms with Gasteiger partial charge in [0.25, 0.3) is 0 Å². The normalized spacial score (nSPS) is 15.0. The average Bonchev–Trinajstić information content (AvgIpc) is 3.22. The first kappa shape index (κ1) is 22.4. The molecule has 154 valence electrons. The summed E-state index contributed by atoms with van der Waals surface area (Å²) in [6.45, 7) is 2.41. The molecule has 0 amide bonds. The number of aliphatic imine (C=N–C) groups is 1. The van der Waals surface area contributed by atoms with Crippen molar-refractivity contribution < 1.29 is 4.74 Å². The Morgan fingerprint density at radius 1 is 1.25 bits per heavy atom. The van der Waals surface area contributed by atoms with Gasteiger partial charge in [0, 0.05) is 51.3 Å². The number of halogens is 1. The van der Waals surface area contributed by atoms with Gasteiger partial charge in [0.15, 0.2) is 5.96 Å². The first-order valence-corrected chi connectivity index (χ1v) is 9.87. The van der Waals surface area contributed by atoms with Crippen LogP contribution in [0, 0.1) is 0 Å². The van der Waals surface area contributed by atoms with Crippen molar-refractivity contribution in [3.8, 4) is 5.88 Å². The van der Waals surface area contributed by atoms with E-state index in [1.54, 1.807) is 13.2 Å². The number of ether oxygens (including phenoxy) is 1. The molecule has 28 heavy (non-hydrogen) atoms. The van der Waals surface area contributed by atoms with Crippen LogP contribution in [-0.4, -0.2) is 40.4 Å². The van der Waals surface area contributed by atoms with E-state index in [9.17, 15) is 0 Å². The lowest BCUT2D eigenvalue weighted by Crippen LogP contribution is -2.37. The van der Waals surface area contributed by atoms with Crippen LogP contribution in [-0.2, 0) is 13.1 Å². The van der Waals surface area contributed by atoms with Crippen LogP contribution in [0.4, 0.5) is 0 Å². The second-order valence-corrected chi connectivity index (χ2v) is 6.86. The number of nitrogens with one attached hydrogen (secondary N) is 2. The van der Waals surface area contributed by atoms with Gasteiger partial charge in [-0.2, -0.15) is 5.10 Å². The highest BCUT2D eigenvalue weighted by Gasteiger charge is 2.15. The van der Waals surface area contributed by atoms with Crippen molar-refractivity contribution in [2.24, 2.45) is 4.99 Å². The summed E-state index contributed by atoms with van der Waals surface area (Å²) >= 11 is 0. The third kappa shape index (κ3) is 7.65. The van der Waals surface area contributed by atoms with Gasteiger partial charge in [0.2, 0.25) is 5.88 Å². The van der Waals surface area contributed by atoms with Crippen LogP contribution in [0.15, 0.2) is 41.8 Å². The maximum Gasteiger partial charge on any atom is 0.213 e. The Morgan fingerprint density at radius 3 is 2.86 bits per heavy atom. The highest BCUT2D eigenvalue weighted by Crippen LogP contribution is 2.22. The molecule has 2 aromatic rings. The maximum atomic E-state index is 6.05. The van der Waals surface area contributed by atoms with Crippen LogP contribution in [0.3, 0.4) is 0 Å². The Kier molecular flexibility index (Phi) is 10.1. The van der Waals surface area contributed by atoms with Gasteiger partial charge in [-0.3, -0.25) is 9.67 Å². The van der Waals surface area contributed by atoms with Gasteiger partial charge in [0.1, 0.15) is 6.10 Å². The monoisotopic (exact) mass is 498 g/mol. The molecule has 2 N–H and O–H groups in total. The lowest BCUT2D eigenvalue weighted by molar-refractivity contribution is 0.148. The largest absolute Gasteiger partial charge is 0.474 e. The molecule has 0 aliphatic heterocycles. The van der Waals surface area contributed by atoms with Crippen molar-refractivity contribution in [1.29, 1.82) is 0 Å². The summed E-state index contributed by atoms with van der Waals surface area (Å²) < 4.78 is 7.98. The summed E-state index contributed by atoms with van der Waals surface area (Å²) in [4.78, 5) is 8.64. The molecule has 0 saturated heterocycles. The van der Waals surface area contributed by atoms with Gasteiger partial charge in [-0.25, -0.2) is 4.98 Å². The van der Waals surface area contributed by atoms with E-state index >= 15 is 0 Å². The molecule has 0 spiro atoms. The SMILES string of the molecule is CN=C(NCCCn1cccn1)NCc1ccnc(OC2CCCCC2)c1.I. The third-order valence-electron chi connectivity index (χ3n) is 4.74. The van der Waals surface area contributed by atoms with E-state index in [0.717, 1.165) is 49.8 Å². The van der Waals surface area contributed by atoms with Gasteiger partial charge in [-0.05, 0) is 49.8 Å². The minimum Gasteiger partial charge on any atom is -0.474 e. The van der Waals surface area contributed by atoms with Crippen molar-refractivity contribution >= 4 is 29.9 Å². The van der Waals surface area contributed by atoms with E-state index in [1.165, 1.54) is 19.3 Å². The molecule has 1 aliphatic rings. The molecule has 0 radical (unpaired) electrons. The Balaban J connectivity index is 0.00000280. The molecular formula is C20H31IN6O. The number of aromatic nitrogens is 3. The average molecular weight is 498 g/mol. The van der Waals surface area contributed by atoms with Crippen LogP contribution >= 0.6 is 24.0 Å². The Hall–Kier alpha value is -1.84. The molecule has 0 unspecified atom stereocenters. The summed E-state index contributed by atoms with van der Waals surface area (Å²) in [5, 5.41) is 10.9. The van der Waals surface area contributed by atoms with Crippen LogP contribution in [0.1, 0.15) is 44.1 Å². The van der Waals surface area contributed by atoms with E-state index in [0.29, 0.717) is 12.6 Å². The van der Waals surface area contributed by atoms with E-state index < -0.39 is 0 Å². The van der Waals surface area contributed by atoms with E-state index in [2.05, 4.69) is 25.7 Å². The minimum atomic E-state index is 0. The molecule has 2 aromatic heterocycles. The topological polar surface area (TPSA) is 76.4 Å². The first-order valence-electron chi connectivity index (χ1n) is 9.87. The van der Waals surface area contributed by atoms with E-state index in [1.807, 2.05) is 35.3 Å². The van der Waals surface area contributed by atoms with Crippen LogP contribution in [0.5, 0.6) is 5.88 Å². The zero-order valence-electron chi connectivity index (χ0n) is 16.5. The Bertz CT molecular complexity index is 700. The number of nitrogens with zero attached hydrogens (tertiary/aromatic N) is 4. The lowest BCUT2D eigenvalue weighted by Gasteiger charge is -2.22. The van der Waals surface area contributed by atoms with E-state index in [4.69, 9.17) is 4.74 Å². The fourth-order valence-electron chi connectivity index (χ4n) is 3.27. The zero-order chi connectivity index (χ0) is 18.7. The summed E-state index contributed by atoms with van der Waals surface area (Å²) in [5.74, 6) is 1.52. The summed E-state index contributed by atoms with van der Waals surface area (Å²) in [7, 11) is 1.78. The van der Waals surface area contributed by atoms with Gasteiger partial charge in [0.05, 0.1) is 0 Å². The van der Waals surface area contributed by atoms with Gasteiger partial charge < -0.3 is 15.4 Å². The molecular weight excluding hydrogens is 467 g/mol. The number of rotatable bonds is 8. The molecule has 8 heteroatoms. The summed E-state index contributed by atoms with van der Waals surface area (Å²) in [6, 6.07) is 5.97. The molecule has 1 saturated carbocycles. The van der Waals surface area contributed by atoms with Gasteiger partial charge in [-0.15, -0.1) is 24.0 Å². The smallest absolute Gasteiger partial charge is 0.213 e. The van der Waals surface area contributed by atoms with Crippen molar-refractivity contribution in [3.63, 3.8) is 0 Å². The number of hydrogen-bond donors (Lipinski definition) is 2. The number of hydrogen-bond acceptors (Lipinski definition) is 4. The number of pyridine rings is 1. The van der Waals surface area contributed by atoms with Gasteiger partial charge >= 0.3 is 0 Å². The highest BCUT2D eigenvalue weighted by atomic mass is 127. The summed E-state index contributed by atoms with van der Waals surface area (Å²) in [6.07, 6.45) is 13.0. The molecule has 7 nitrogen and oxygen atoms in total. The number of guanidine groups is 1. The molecule has 2 heterocycles. The predicted octanol–water partition coefficient (Wildman–Crippen LogP) is 3.36.